The summed E-state index contributed by atoms with van der Waals surface area (Å²) in [5.74, 6) is -0.755. The van der Waals surface area contributed by atoms with Crippen molar-refractivity contribution < 1.29 is 22.7 Å². The maximum absolute atomic E-state index is 13.0. The van der Waals surface area contributed by atoms with Crippen molar-refractivity contribution in [2.75, 3.05) is 20.2 Å². The second-order valence-electron chi connectivity index (χ2n) is 7.22. The summed E-state index contributed by atoms with van der Waals surface area (Å²) >= 11 is 0. The highest BCUT2D eigenvalue weighted by Gasteiger charge is 2.37. The molecule has 140 valence electrons. The van der Waals surface area contributed by atoms with Gasteiger partial charge in [-0.15, -0.1) is 0 Å². The number of likely N-dealkylation sites (N-methyl/N-ethyl adjacent to an activating group) is 1. The Morgan fingerprint density at radius 3 is 2.68 bits per heavy atom. The molecular formula is C17H24F3N3O2. The van der Waals surface area contributed by atoms with Crippen LogP contribution < -0.4 is 10.1 Å². The minimum absolute atomic E-state index is 0.0346. The predicted molar refractivity (Wildman–Crippen MR) is 87.2 cm³/mol. The SMILES string of the molecule is CC1CC(NC(=O)C(C)(C)COc2ncccc2C(F)(F)F)CN1C. The lowest BCUT2D eigenvalue weighted by Gasteiger charge is -2.26. The van der Waals surface area contributed by atoms with Crippen LogP contribution in [0.25, 0.3) is 0 Å². The summed E-state index contributed by atoms with van der Waals surface area (Å²) < 4.78 is 44.2. The molecule has 0 aliphatic carbocycles. The highest BCUT2D eigenvalue weighted by atomic mass is 19.4. The fourth-order valence-electron chi connectivity index (χ4n) is 2.72. The maximum atomic E-state index is 13.0. The molecule has 1 aliphatic heterocycles. The van der Waals surface area contributed by atoms with Crippen molar-refractivity contribution in [3.05, 3.63) is 23.9 Å². The molecule has 0 aromatic carbocycles. The molecule has 1 aromatic heterocycles. The van der Waals surface area contributed by atoms with E-state index in [0.29, 0.717) is 6.04 Å². The molecule has 1 amide bonds. The van der Waals surface area contributed by atoms with E-state index in [1.807, 2.05) is 7.05 Å². The first-order valence-corrected chi connectivity index (χ1v) is 8.17. The molecule has 2 rings (SSSR count). The molecule has 2 unspecified atom stereocenters. The quantitative estimate of drug-likeness (QED) is 0.878. The van der Waals surface area contributed by atoms with Gasteiger partial charge in [0, 0.05) is 24.8 Å². The van der Waals surface area contributed by atoms with Crippen LogP contribution in [0.2, 0.25) is 0 Å². The van der Waals surface area contributed by atoms with Crippen LogP contribution in [0.5, 0.6) is 5.88 Å². The van der Waals surface area contributed by atoms with E-state index in [-0.39, 0.29) is 18.6 Å². The zero-order chi connectivity index (χ0) is 18.8. The topological polar surface area (TPSA) is 54.5 Å². The number of aromatic nitrogens is 1. The van der Waals surface area contributed by atoms with E-state index in [4.69, 9.17) is 4.74 Å². The van der Waals surface area contributed by atoms with Gasteiger partial charge in [-0.25, -0.2) is 4.98 Å². The highest BCUT2D eigenvalue weighted by Crippen LogP contribution is 2.35. The van der Waals surface area contributed by atoms with Crippen molar-refractivity contribution in [1.82, 2.24) is 15.2 Å². The Morgan fingerprint density at radius 2 is 2.12 bits per heavy atom. The predicted octanol–water partition coefficient (Wildman–Crippen LogP) is 2.71. The standard InChI is InChI=1S/C17H24F3N3O2/c1-11-8-12(9-23(11)4)22-15(24)16(2,3)10-25-14-13(17(18,19)20)6-5-7-21-14/h5-7,11-12H,8-10H2,1-4H3,(H,22,24). The Kier molecular flexibility index (Phi) is 5.61. The lowest BCUT2D eigenvalue weighted by Crippen LogP contribution is -2.46. The van der Waals surface area contributed by atoms with Crippen LogP contribution in [0, 0.1) is 5.41 Å². The number of nitrogens with one attached hydrogen (secondary N) is 1. The summed E-state index contributed by atoms with van der Waals surface area (Å²) in [7, 11) is 1.99. The summed E-state index contributed by atoms with van der Waals surface area (Å²) in [5.41, 5.74) is -1.93. The molecule has 8 heteroatoms. The van der Waals surface area contributed by atoms with Gasteiger partial charge in [-0.1, -0.05) is 0 Å². The Morgan fingerprint density at radius 1 is 1.44 bits per heavy atom. The van der Waals surface area contributed by atoms with Gasteiger partial charge < -0.3 is 15.0 Å². The number of nitrogens with zero attached hydrogens (tertiary/aromatic N) is 2. The Bertz CT molecular complexity index is 609. The third-order valence-electron chi connectivity index (χ3n) is 4.48. The summed E-state index contributed by atoms with van der Waals surface area (Å²) in [6.07, 6.45) is -2.48. The van der Waals surface area contributed by atoms with Crippen LogP contribution in [0.4, 0.5) is 13.2 Å². The van der Waals surface area contributed by atoms with Crippen molar-refractivity contribution in [3.63, 3.8) is 0 Å². The van der Waals surface area contributed by atoms with Crippen LogP contribution >= 0.6 is 0 Å². The second kappa shape index (κ2) is 7.19. The summed E-state index contributed by atoms with van der Waals surface area (Å²) in [6, 6.07) is 2.52. The van der Waals surface area contributed by atoms with Crippen molar-refractivity contribution in [1.29, 1.82) is 0 Å². The highest BCUT2D eigenvalue weighted by molar-refractivity contribution is 5.82. The molecule has 0 spiro atoms. The van der Waals surface area contributed by atoms with Gasteiger partial charge in [0.05, 0.1) is 5.41 Å². The van der Waals surface area contributed by atoms with E-state index in [1.165, 1.54) is 12.3 Å². The van der Waals surface area contributed by atoms with E-state index in [0.717, 1.165) is 19.0 Å². The Balaban J connectivity index is 1.99. The normalized spacial score (nSPS) is 22.0. The van der Waals surface area contributed by atoms with E-state index >= 15 is 0 Å². The van der Waals surface area contributed by atoms with Gasteiger partial charge in [0.25, 0.3) is 0 Å². The summed E-state index contributed by atoms with van der Waals surface area (Å²) in [6.45, 7) is 5.92. The number of carbonyl (C=O) groups is 1. The first kappa shape index (κ1) is 19.5. The van der Waals surface area contributed by atoms with Crippen LogP contribution in [0.3, 0.4) is 0 Å². The molecule has 0 radical (unpaired) electrons. The Hall–Kier alpha value is -1.83. The first-order chi connectivity index (χ1) is 11.5. The summed E-state index contributed by atoms with van der Waals surface area (Å²) in [5, 5.41) is 2.96. The lowest BCUT2D eigenvalue weighted by molar-refractivity contribution is -0.139. The van der Waals surface area contributed by atoms with Gasteiger partial charge in [0.2, 0.25) is 11.8 Å². The number of ether oxygens (including phenoxy) is 1. The lowest BCUT2D eigenvalue weighted by atomic mass is 9.93. The largest absolute Gasteiger partial charge is 0.476 e. The third kappa shape index (κ3) is 4.84. The van der Waals surface area contributed by atoms with Gasteiger partial charge in [-0.05, 0) is 46.4 Å². The molecule has 2 heterocycles. The molecule has 5 nitrogen and oxygen atoms in total. The van der Waals surface area contributed by atoms with Gasteiger partial charge in [0.15, 0.2) is 0 Å². The average Bonchev–Trinajstić information content (AvgIpc) is 2.82. The number of amides is 1. The number of carbonyl (C=O) groups excluding carboxylic acids is 1. The monoisotopic (exact) mass is 359 g/mol. The Labute approximate surface area is 145 Å². The van der Waals surface area contributed by atoms with E-state index < -0.39 is 23.0 Å². The smallest absolute Gasteiger partial charge is 0.421 e. The van der Waals surface area contributed by atoms with Gasteiger partial charge in [0.1, 0.15) is 12.2 Å². The van der Waals surface area contributed by atoms with Gasteiger partial charge >= 0.3 is 6.18 Å². The number of likely N-dealkylation sites (tertiary alicyclic amines) is 1. The first-order valence-electron chi connectivity index (χ1n) is 8.17. The van der Waals surface area contributed by atoms with E-state index in [9.17, 15) is 18.0 Å². The van der Waals surface area contributed by atoms with Crippen molar-refractivity contribution in [2.24, 2.45) is 5.41 Å². The number of hydrogen-bond donors (Lipinski definition) is 1. The fraction of sp³-hybridized carbons (Fsp3) is 0.647. The van der Waals surface area contributed by atoms with Crippen LogP contribution in [-0.2, 0) is 11.0 Å². The average molecular weight is 359 g/mol. The molecule has 1 fully saturated rings. The van der Waals surface area contributed by atoms with Crippen molar-refractivity contribution in [3.8, 4) is 5.88 Å². The van der Waals surface area contributed by atoms with Crippen LogP contribution in [0.1, 0.15) is 32.8 Å². The molecule has 25 heavy (non-hydrogen) atoms. The van der Waals surface area contributed by atoms with Crippen molar-refractivity contribution in [2.45, 2.75) is 45.5 Å². The molecule has 0 bridgehead atoms. The number of halogens is 3. The zero-order valence-corrected chi connectivity index (χ0v) is 14.9. The zero-order valence-electron chi connectivity index (χ0n) is 14.9. The molecular weight excluding hydrogens is 335 g/mol. The molecule has 2 atom stereocenters. The minimum atomic E-state index is -4.55. The molecule has 1 saturated heterocycles. The molecule has 1 aliphatic rings. The fourth-order valence-corrected chi connectivity index (χ4v) is 2.72. The van der Waals surface area contributed by atoms with Crippen LogP contribution in [0.15, 0.2) is 18.3 Å². The number of pyridine rings is 1. The van der Waals surface area contributed by atoms with E-state index in [1.54, 1.807) is 13.8 Å². The van der Waals surface area contributed by atoms with Crippen LogP contribution in [-0.4, -0.2) is 48.1 Å². The van der Waals surface area contributed by atoms with Gasteiger partial charge in [-0.2, -0.15) is 13.2 Å². The summed E-state index contributed by atoms with van der Waals surface area (Å²) in [4.78, 5) is 18.3. The van der Waals surface area contributed by atoms with E-state index in [2.05, 4.69) is 22.1 Å². The number of rotatable bonds is 5. The van der Waals surface area contributed by atoms with Gasteiger partial charge in [-0.3, -0.25) is 4.79 Å². The number of hydrogen-bond acceptors (Lipinski definition) is 4. The molecule has 1 aromatic rings. The number of alkyl halides is 3. The van der Waals surface area contributed by atoms with Crippen molar-refractivity contribution >= 4 is 5.91 Å². The minimum Gasteiger partial charge on any atom is -0.476 e. The second-order valence-corrected chi connectivity index (χ2v) is 7.22. The third-order valence-corrected chi connectivity index (χ3v) is 4.48. The maximum Gasteiger partial charge on any atom is 0.421 e. The molecule has 0 saturated carbocycles. The molecule has 1 N–H and O–H groups in total.